The van der Waals surface area contributed by atoms with E-state index in [0.29, 0.717) is 5.56 Å². The van der Waals surface area contributed by atoms with Crippen molar-refractivity contribution < 1.29 is 9.90 Å². The average molecular weight is 306 g/mol. The first-order valence-electron chi connectivity index (χ1n) is 6.71. The largest absolute Gasteiger partial charge is 0.478 e. The molecule has 4 heteroatoms. The number of halogens is 1. The molecule has 0 fully saturated rings. The lowest BCUT2D eigenvalue weighted by atomic mass is 9.95. The summed E-state index contributed by atoms with van der Waals surface area (Å²) in [5.74, 6) is -0.875. The number of hydrogen-bond acceptors (Lipinski definition) is 2. The summed E-state index contributed by atoms with van der Waals surface area (Å²) in [4.78, 5) is 12.7. The summed E-state index contributed by atoms with van der Waals surface area (Å²) in [5, 5.41) is 8.69. The highest BCUT2D eigenvalue weighted by Crippen LogP contribution is 2.29. The first kappa shape index (κ1) is 17.2. The second-order valence-corrected chi connectivity index (χ2v) is 4.91. The van der Waals surface area contributed by atoms with Gasteiger partial charge in [-0.1, -0.05) is 43.3 Å². The van der Waals surface area contributed by atoms with E-state index < -0.39 is 5.97 Å². The fourth-order valence-corrected chi connectivity index (χ4v) is 1.84. The van der Waals surface area contributed by atoms with Crippen LogP contribution in [0.25, 0.3) is 11.1 Å². The topological polar surface area (TPSA) is 40.5 Å². The molecule has 1 aromatic carbocycles. The zero-order valence-corrected chi connectivity index (χ0v) is 13.1. The smallest absolute Gasteiger partial charge is 0.335 e. The van der Waals surface area contributed by atoms with E-state index in [1.165, 1.54) is 11.1 Å². The van der Waals surface area contributed by atoms with Crippen molar-refractivity contribution in [3.8, 4) is 11.1 Å². The van der Waals surface area contributed by atoms with Crippen LogP contribution in [-0.2, 0) is 6.54 Å². The number of fused-ring (bicyclic) bond motifs is 1. The standard InChI is InChI=1S/C11H15NO2.C6H4.ClH/c1-3-12(2)8-9-4-6-10(7-5-9)11(13)14;1-2-6-4-3-5(1)6;/h4-7H,3,8H2,1-2H3,(H,13,14);1-4H;1H. The van der Waals surface area contributed by atoms with Crippen molar-refractivity contribution in [2.24, 2.45) is 0 Å². The third-order valence-corrected chi connectivity index (χ3v) is 3.41. The highest BCUT2D eigenvalue weighted by molar-refractivity contribution is 5.87. The molecule has 2 aliphatic rings. The number of carboxylic acid groups (broad SMARTS) is 1. The molecule has 0 aromatic heterocycles. The normalized spacial score (nSPS) is 10.2. The number of hydrogen-bond donors (Lipinski definition) is 1. The van der Waals surface area contributed by atoms with Gasteiger partial charge in [0.05, 0.1) is 5.56 Å². The quantitative estimate of drug-likeness (QED) is 0.794. The molecule has 2 aliphatic carbocycles. The van der Waals surface area contributed by atoms with Crippen LogP contribution in [-0.4, -0.2) is 29.6 Å². The van der Waals surface area contributed by atoms with Gasteiger partial charge in [-0.25, -0.2) is 4.79 Å². The molecule has 0 amide bonds. The van der Waals surface area contributed by atoms with Crippen LogP contribution in [0.4, 0.5) is 0 Å². The minimum Gasteiger partial charge on any atom is -0.478 e. The summed E-state index contributed by atoms with van der Waals surface area (Å²) >= 11 is 0. The number of carboxylic acids is 1. The molecule has 0 radical (unpaired) electrons. The van der Waals surface area contributed by atoms with Crippen LogP contribution in [0.5, 0.6) is 0 Å². The minimum atomic E-state index is -0.875. The van der Waals surface area contributed by atoms with Gasteiger partial charge in [-0.05, 0) is 42.4 Å². The van der Waals surface area contributed by atoms with Gasteiger partial charge in [0, 0.05) is 6.54 Å². The average Bonchev–Trinajstić information content (AvgIpc) is 2.44. The third kappa shape index (κ3) is 4.59. The van der Waals surface area contributed by atoms with Crippen LogP contribution in [0.3, 0.4) is 0 Å². The Bertz CT molecular complexity index is 558. The number of nitrogens with zero attached hydrogens (tertiary/aromatic N) is 1. The van der Waals surface area contributed by atoms with E-state index in [2.05, 4.69) is 36.1 Å². The summed E-state index contributed by atoms with van der Waals surface area (Å²) in [6, 6.07) is 15.5. The van der Waals surface area contributed by atoms with Crippen molar-refractivity contribution in [2.75, 3.05) is 13.6 Å². The van der Waals surface area contributed by atoms with Crippen molar-refractivity contribution in [2.45, 2.75) is 13.5 Å². The number of rotatable bonds is 4. The van der Waals surface area contributed by atoms with E-state index in [1.807, 2.05) is 19.2 Å². The molecule has 3 rings (SSSR count). The van der Waals surface area contributed by atoms with Gasteiger partial charge in [0.1, 0.15) is 0 Å². The SMILES string of the molecule is CCN(C)Cc1ccc(C(=O)O)cc1.Cl.c1cc2ccc1-2. The van der Waals surface area contributed by atoms with Gasteiger partial charge in [0.25, 0.3) is 0 Å². The summed E-state index contributed by atoms with van der Waals surface area (Å²) in [6.07, 6.45) is 0. The highest BCUT2D eigenvalue weighted by atomic mass is 35.5. The lowest BCUT2D eigenvalue weighted by molar-refractivity contribution is 0.0697. The maximum absolute atomic E-state index is 10.6. The van der Waals surface area contributed by atoms with Crippen LogP contribution in [0.2, 0.25) is 0 Å². The molecule has 3 nitrogen and oxygen atoms in total. The van der Waals surface area contributed by atoms with Gasteiger partial charge in [0.15, 0.2) is 0 Å². The molecule has 0 atom stereocenters. The minimum absolute atomic E-state index is 0. The van der Waals surface area contributed by atoms with E-state index in [1.54, 1.807) is 12.1 Å². The van der Waals surface area contributed by atoms with Crippen molar-refractivity contribution >= 4 is 18.4 Å². The zero-order chi connectivity index (χ0) is 14.5. The Labute approximate surface area is 131 Å². The second-order valence-electron chi connectivity index (χ2n) is 4.91. The van der Waals surface area contributed by atoms with E-state index in [4.69, 9.17) is 5.11 Å². The molecule has 1 aromatic rings. The Kier molecular flexibility index (Phi) is 6.40. The van der Waals surface area contributed by atoms with Crippen LogP contribution in [0.1, 0.15) is 22.8 Å². The molecule has 0 heterocycles. The van der Waals surface area contributed by atoms with Crippen LogP contribution in [0.15, 0.2) is 48.5 Å². The maximum Gasteiger partial charge on any atom is 0.335 e. The lowest BCUT2D eigenvalue weighted by Crippen LogP contribution is -2.16. The maximum atomic E-state index is 10.6. The van der Waals surface area contributed by atoms with Gasteiger partial charge >= 0.3 is 5.97 Å². The Hall–Kier alpha value is -1.84. The monoisotopic (exact) mass is 305 g/mol. The van der Waals surface area contributed by atoms with Crippen molar-refractivity contribution in [1.82, 2.24) is 4.90 Å². The van der Waals surface area contributed by atoms with Crippen molar-refractivity contribution in [3.05, 3.63) is 59.7 Å². The zero-order valence-electron chi connectivity index (χ0n) is 12.2. The Morgan fingerprint density at radius 1 is 1.00 bits per heavy atom. The molecular formula is C17H20ClNO2. The molecule has 0 bridgehead atoms. The second kappa shape index (κ2) is 7.81. The molecule has 21 heavy (non-hydrogen) atoms. The number of benzene rings is 2. The van der Waals surface area contributed by atoms with Gasteiger partial charge < -0.3 is 10.0 Å². The highest BCUT2D eigenvalue weighted by Gasteiger charge is 2.04. The molecule has 0 aliphatic heterocycles. The van der Waals surface area contributed by atoms with E-state index in [-0.39, 0.29) is 12.4 Å². The molecule has 1 N–H and O–H groups in total. The Morgan fingerprint density at radius 2 is 1.48 bits per heavy atom. The van der Waals surface area contributed by atoms with Gasteiger partial charge in [-0.2, -0.15) is 0 Å². The summed E-state index contributed by atoms with van der Waals surface area (Å²) in [5.41, 5.74) is 4.33. The lowest BCUT2D eigenvalue weighted by Gasteiger charge is -2.13. The summed E-state index contributed by atoms with van der Waals surface area (Å²) in [6.45, 7) is 3.93. The molecule has 0 spiro atoms. The predicted molar refractivity (Wildman–Crippen MR) is 88.1 cm³/mol. The van der Waals surface area contributed by atoms with Crippen molar-refractivity contribution in [3.63, 3.8) is 0 Å². The van der Waals surface area contributed by atoms with E-state index in [0.717, 1.165) is 18.7 Å². The molecule has 112 valence electrons. The Morgan fingerprint density at radius 3 is 1.76 bits per heavy atom. The van der Waals surface area contributed by atoms with Crippen molar-refractivity contribution in [1.29, 1.82) is 0 Å². The molecule has 0 saturated heterocycles. The predicted octanol–water partition coefficient (Wildman–Crippen LogP) is 3.93. The van der Waals surface area contributed by atoms with Crippen LogP contribution in [0, 0.1) is 0 Å². The van der Waals surface area contributed by atoms with E-state index >= 15 is 0 Å². The summed E-state index contributed by atoms with van der Waals surface area (Å²) in [7, 11) is 2.03. The fraction of sp³-hybridized carbons (Fsp3) is 0.235. The molecular weight excluding hydrogens is 286 g/mol. The Balaban J connectivity index is 0.000000259. The van der Waals surface area contributed by atoms with Gasteiger partial charge in [-0.15, -0.1) is 12.4 Å². The number of carbonyl (C=O) groups is 1. The van der Waals surface area contributed by atoms with Gasteiger partial charge in [0.2, 0.25) is 0 Å². The molecule has 0 saturated carbocycles. The third-order valence-electron chi connectivity index (χ3n) is 3.41. The first-order valence-corrected chi connectivity index (χ1v) is 6.71. The fourth-order valence-electron chi connectivity index (χ4n) is 1.84. The summed E-state index contributed by atoms with van der Waals surface area (Å²) < 4.78 is 0. The number of aromatic carboxylic acids is 1. The van der Waals surface area contributed by atoms with E-state index in [9.17, 15) is 4.79 Å². The van der Waals surface area contributed by atoms with Crippen LogP contribution >= 0.6 is 12.4 Å². The van der Waals surface area contributed by atoms with Gasteiger partial charge in [-0.3, -0.25) is 0 Å². The first-order chi connectivity index (χ1) is 9.60. The van der Waals surface area contributed by atoms with Crippen LogP contribution < -0.4 is 0 Å². The molecule has 0 unspecified atom stereocenters.